The molecular formula is C25H34F3N3O4. The number of alkyl halides is 3. The Morgan fingerprint density at radius 2 is 1.94 bits per heavy atom. The minimum absolute atomic E-state index is 0.0221. The lowest BCUT2D eigenvalue weighted by Gasteiger charge is -2.27. The number of carbonyl (C=O) groups excluding carboxylic acids is 1. The highest BCUT2D eigenvalue weighted by atomic mass is 19.4. The highest BCUT2D eigenvalue weighted by Crippen LogP contribution is 2.35. The second kappa shape index (κ2) is 11.5. The molecule has 1 aromatic carbocycles. The molecule has 1 aromatic heterocycles. The number of amides is 1. The molecule has 1 aliphatic rings. The van der Waals surface area contributed by atoms with E-state index in [0.29, 0.717) is 50.4 Å². The van der Waals surface area contributed by atoms with Gasteiger partial charge in [-0.2, -0.15) is 18.3 Å². The van der Waals surface area contributed by atoms with Gasteiger partial charge in [-0.1, -0.05) is 39.0 Å². The Morgan fingerprint density at radius 3 is 2.66 bits per heavy atom. The van der Waals surface area contributed by atoms with Crippen LogP contribution in [0.2, 0.25) is 0 Å². The van der Waals surface area contributed by atoms with E-state index in [1.165, 1.54) is 18.2 Å². The molecule has 2 aromatic rings. The van der Waals surface area contributed by atoms with Crippen molar-refractivity contribution in [3.8, 4) is 0 Å². The van der Waals surface area contributed by atoms with Crippen molar-refractivity contribution in [2.24, 2.45) is 5.41 Å². The van der Waals surface area contributed by atoms with Gasteiger partial charge in [-0.05, 0) is 31.7 Å². The Labute approximate surface area is 203 Å². The number of hydrogen-bond donors (Lipinski definition) is 2. The van der Waals surface area contributed by atoms with Gasteiger partial charge in [-0.15, -0.1) is 0 Å². The summed E-state index contributed by atoms with van der Waals surface area (Å²) in [7, 11) is 0. The van der Waals surface area contributed by atoms with E-state index in [-0.39, 0.29) is 18.1 Å². The third kappa shape index (κ3) is 7.05. The molecule has 0 spiro atoms. The molecular weight excluding hydrogens is 463 g/mol. The molecule has 1 atom stereocenters. The minimum Gasteiger partial charge on any atom is -0.381 e. The van der Waals surface area contributed by atoms with Crippen LogP contribution in [0.1, 0.15) is 72.8 Å². The van der Waals surface area contributed by atoms with Crippen molar-refractivity contribution >= 4 is 5.91 Å². The molecule has 0 fully saturated rings. The summed E-state index contributed by atoms with van der Waals surface area (Å²) in [5.74, 6) is -0.154. The third-order valence-corrected chi connectivity index (χ3v) is 5.89. The zero-order valence-electron chi connectivity index (χ0n) is 20.5. The van der Waals surface area contributed by atoms with Crippen LogP contribution < -0.4 is 5.32 Å². The number of carbonyl (C=O) groups is 1. The molecule has 1 unspecified atom stereocenters. The largest absolute Gasteiger partial charge is 0.416 e. The summed E-state index contributed by atoms with van der Waals surface area (Å²) in [6.07, 6.45) is -3.66. The molecule has 0 saturated carbocycles. The van der Waals surface area contributed by atoms with E-state index in [1.54, 1.807) is 4.68 Å². The summed E-state index contributed by atoms with van der Waals surface area (Å²) >= 11 is 0. The maximum atomic E-state index is 13.3. The number of aliphatic hydroxyl groups is 1. The number of nitrogens with one attached hydrogen (secondary N) is 1. The van der Waals surface area contributed by atoms with Crippen molar-refractivity contribution in [3.63, 3.8) is 0 Å². The predicted molar refractivity (Wildman–Crippen MR) is 124 cm³/mol. The van der Waals surface area contributed by atoms with Crippen LogP contribution in [0.4, 0.5) is 13.2 Å². The molecule has 10 heteroatoms. The molecule has 35 heavy (non-hydrogen) atoms. The van der Waals surface area contributed by atoms with Crippen molar-refractivity contribution in [3.05, 3.63) is 52.3 Å². The first-order valence-electron chi connectivity index (χ1n) is 11.9. The van der Waals surface area contributed by atoms with Gasteiger partial charge in [0.15, 0.2) is 6.29 Å². The Morgan fingerprint density at radius 1 is 1.23 bits per heavy atom. The summed E-state index contributed by atoms with van der Waals surface area (Å²) < 4.78 is 52.9. The van der Waals surface area contributed by atoms with Gasteiger partial charge in [0.2, 0.25) is 0 Å². The Hall–Kier alpha value is -2.43. The van der Waals surface area contributed by atoms with E-state index in [0.717, 1.165) is 24.6 Å². The fraction of sp³-hybridized carbons (Fsp3) is 0.600. The van der Waals surface area contributed by atoms with Crippen molar-refractivity contribution in [1.29, 1.82) is 0 Å². The lowest BCUT2D eigenvalue weighted by Crippen LogP contribution is -2.29. The monoisotopic (exact) mass is 497 g/mol. The highest BCUT2D eigenvalue weighted by Gasteiger charge is 2.35. The van der Waals surface area contributed by atoms with E-state index in [9.17, 15) is 23.1 Å². The maximum absolute atomic E-state index is 13.3. The number of aliphatic hydroxyl groups excluding tert-OH is 1. The Balaban J connectivity index is 1.79. The standard InChI is InChI=1S/C25H34F3N3O4/c1-4-19-21-20(11-7-13-34-14-8-12-29-22(21)32)31(30-19)15-24(2,3)16-35-23(33)17-9-5-6-10-18(17)25(26,27)28/h5-6,9-10,23,33H,4,7-8,11-16H2,1-3H3,(H,29,32). The van der Waals surface area contributed by atoms with Crippen LogP contribution in [0.5, 0.6) is 0 Å². The minimum atomic E-state index is -4.60. The molecule has 2 heterocycles. The van der Waals surface area contributed by atoms with Crippen LogP contribution in [-0.4, -0.2) is 47.2 Å². The lowest BCUT2D eigenvalue weighted by molar-refractivity contribution is -0.152. The predicted octanol–water partition coefficient (Wildman–Crippen LogP) is 4.28. The fourth-order valence-electron chi connectivity index (χ4n) is 4.17. The third-order valence-electron chi connectivity index (χ3n) is 5.89. The number of hydrogen-bond acceptors (Lipinski definition) is 5. The molecule has 0 saturated heterocycles. The van der Waals surface area contributed by atoms with Gasteiger partial charge in [-0.3, -0.25) is 9.48 Å². The molecule has 0 aliphatic carbocycles. The van der Waals surface area contributed by atoms with Crippen LogP contribution in [0, 0.1) is 5.41 Å². The smallest absolute Gasteiger partial charge is 0.381 e. The molecule has 2 N–H and O–H groups in total. The maximum Gasteiger partial charge on any atom is 0.416 e. The van der Waals surface area contributed by atoms with E-state index >= 15 is 0 Å². The van der Waals surface area contributed by atoms with Gasteiger partial charge in [0.05, 0.1) is 29.1 Å². The summed E-state index contributed by atoms with van der Waals surface area (Å²) in [5.41, 5.74) is 0.244. The number of aryl methyl sites for hydroxylation is 1. The van der Waals surface area contributed by atoms with Crippen LogP contribution in [-0.2, 0) is 35.0 Å². The first kappa shape index (κ1) is 27.2. The first-order chi connectivity index (χ1) is 16.5. The molecule has 1 aliphatic heterocycles. The number of benzene rings is 1. The van der Waals surface area contributed by atoms with Crippen molar-refractivity contribution in [2.75, 3.05) is 26.4 Å². The molecule has 194 valence electrons. The van der Waals surface area contributed by atoms with Gasteiger partial charge in [0.1, 0.15) is 0 Å². The molecule has 0 bridgehead atoms. The zero-order chi connectivity index (χ0) is 25.6. The summed E-state index contributed by atoms with van der Waals surface area (Å²) in [6, 6.07) is 4.83. The molecule has 0 radical (unpaired) electrons. The number of ether oxygens (including phenoxy) is 2. The number of halogens is 3. The van der Waals surface area contributed by atoms with E-state index in [4.69, 9.17) is 14.6 Å². The van der Waals surface area contributed by atoms with Gasteiger partial charge < -0.3 is 19.9 Å². The van der Waals surface area contributed by atoms with Gasteiger partial charge in [-0.25, -0.2) is 0 Å². The van der Waals surface area contributed by atoms with Crippen molar-refractivity contribution in [1.82, 2.24) is 15.1 Å². The zero-order valence-corrected chi connectivity index (χ0v) is 20.5. The highest BCUT2D eigenvalue weighted by molar-refractivity contribution is 5.96. The van der Waals surface area contributed by atoms with Gasteiger partial charge in [0, 0.05) is 37.3 Å². The van der Waals surface area contributed by atoms with Gasteiger partial charge >= 0.3 is 6.18 Å². The van der Waals surface area contributed by atoms with E-state index in [1.807, 2.05) is 20.8 Å². The second-order valence-electron chi connectivity index (χ2n) is 9.52. The Kier molecular flexibility index (Phi) is 8.95. The molecule has 7 nitrogen and oxygen atoms in total. The average Bonchev–Trinajstić information content (AvgIpc) is 3.12. The number of rotatable bonds is 7. The summed E-state index contributed by atoms with van der Waals surface area (Å²) in [4.78, 5) is 12.9. The van der Waals surface area contributed by atoms with Crippen LogP contribution in [0.25, 0.3) is 0 Å². The molecule has 1 amide bonds. The lowest BCUT2D eigenvalue weighted by atomic mass is 9.94. The average molecular weight is 498 g/mol. The topological polar surface area (TPSA) is 85.6 Å². The SMILES string of the molecule is CCc1nn(CC(C)(C)COC(O)c2ccccc2C(F)(F)F)c2c1C(=O)NCCCOCCC2. The van der Waals surface area contributed by atoms with Gasteiger partial charge in [0.25, 0.3) is 5.91 Å². The fourth-order valence-corrected chi connectivity index (χ4v) is 4.17. The Bertz CT molecular complexity index is 1000. The molecule has 3 rings (SSSR count). The number of fused-ring (bicyclic) bond motifs is 1. The number of aromatic nitrogens is 2. The summed E-state index contributed by atoms with van der Waals surface area (Å²) in [6.45, 7) is 7.72. The quantitative estimate of drug-likeness (QED) is 0.558. The van der Waals surface area contributed by atoms with E-state index < -0.39 is 23.4 Å². The second-order valence-corrected chi connectivity index (χ2v) is 9.52. The van der Waals surface area contributed by atoms with Crippen LogP contribution >= 0.6 is 0 Å². The van der Waals surface area contributed by atoms with E-state index in [2.05, 4.69) is 5.32 Å². The van der Waals surface area contributed by atoms with Crippen molar-refractivity contribution < 1.29 is 32.5 Å². The summed E-state index contributed by atoms with van der Waals surface area (Å²) in [5, 5.41) is 18.0. The van der Waals surface area contributed by atoms with Crippen LogP contribution in [0.3, 0.4) is 0 Å². The van der Waals surface area contributed by atoms with Crippen LogP contribution in [0.15, 0.2) is 24.3 Å². The normalized spacial score (nSPS) is 16.8. The number of nitrogens with zero attached hydrogens (tertiary/aromatic N) is 2. The van der Waals surface area contributed by atoms with Crippen molar-refractivity contribution in [2.45, 2.75) is 65.5 Å². The first-order valence-corrected chi connectivity index (χ1v) is 11.9.